The molecule has 0 aliphatic heterocycles. The second kappa shape index (κ2) is 9.47. The average Bonchev–Trinajstić information content (AvgIpc) is 2.21. The van der Waals surface area contributed by atoms with E-state index in [0.717, 1.165) is 12.8 Å². The predicted molar refractivity (Wildman–Crippen MR) is 60.3 cm³/mol. The third-order valence-corrected chi connectivity index (χ3v) is 2.72. The predicted octanol–water partition coefficient (Wildman–Crippen LogP) is 2.87. The van der Waals surface area contributed by atoms with Crippen LogP contribution in [0.5, 0.6) is 0 Å². The number of hydrogen-bond donors (Lipinski definition) is 2. The van der Waals surface area contributed by atoms with E-state index in [1.54, 1.807) is 0 Å². The highest BCUT2D eigenvalue weighted by Gasteiger charge is 2.12. The Hall–Kier alpha value is -0.0800. The first-order valence-electron chi connectivity index (χ1n) is 6.08. The van der Waals surface area contributed by atoms with Gasteiger partial charge in [-0.1, -0.05) is 52.4 Å². The lowest BCUT2D eigenvalue weighted by molar-refractivity contribution is 0.0114. The maximum atomic E-state index is 9.47. The molecule has 86 valence electrons. The molecule has 0 radical (unpaired) electrons. The molecule has 2 nitrogen and oxygen atoms in total. The molecule has 14 heavy (non-hydrogen) atoms. The zero-order valence-corrected chi connectivity index (χ0v) is 9.71. The monoisotopic (exact) mass is 202 g/mol. The highest BCUT2D eigenvalue weighted by atomic mass is 16.3. The van der Waals surface area contributed by atoms with Crippen LogP contribution >= 0.6 is 0 Å². The van der Waals surface area contributed by atoms with Crippen LogP contribution in [-0.2, 0) is 0 Å². The standard InChI is InChI=1S/C12H26O2/c1-3-5-6-7-8-9-10-12(14)11(13)4-2/h11-14H,3-10H2,1-2H3. The quantitative estimate of drug-likeness (QED) is 0.564. The summed E-state index contributed by atoms with van der Waals surface area (Å²) >= 11 is 0. The maximum Gasteiger partial charge on any atom is 0.0799 e. The molecule has 0 amide bonds. The summed E-state index contributed by atoms with van der Waals surface area (Å²) in [6.07, 6.45) is 7.77. The van der Waals surface area contributed by atoms with Crippen molar-refractivity contribution in [1.29, 1.82) is 0 Å². The average molecular weight is 202 g/mol. The van der Waals surface area contributed by atoms with Crippen molar-refractivity contribution in [3.63, 3.8) is 0 Å². The van der Waals surface area contributed by atoms with Crippen molar-refractivity contribution in [1.82, 2.24) is 0 Å². The van der Waals surface area contributed by atoms with Gasteiger partial charge in [0.1, 0.15) is 0 Å². The van der Waals surface area contributed by atoms with Crippen LogP contribution in [0.25, 0.3) is 0 Å². The molecule has 0 aliphatic carbocycles. The highest BCUT2D eigenvalue weighted by Crippen LogP contribution is 2.11. The molecule has 2 heteroatoms. The molecular weight excluding hydrogens is 176 g/mol. The van der Waals surface area contributed by atoms with E-state index in [2.05, 4.69) is 6.92 Å². The number of aliphatic hydroxyl groups is 2. The molecule has 0 fully saturated rings. The fraction of sp³-hybridized carbons (Fsp3) is 1.00. The van der Waals surface area contributed by atoms with Crippen LogP contribution < -0.4 is 0 Å². The van der Waals surface area contributed by atoms with Gasteiger partial charge in [0.05, 0.1) is 12.2 Å². The molecule has 0 spiro atoms. The normalized spacial score (nSPS) is 15.4. The Balaban J connectivity index is 3.18. The molecular formula is C12H26O2. The summed E-state index contributed by atoms with van der Waals surface area (Å²) in [5.41, 5.74) is 0. The molecule has 0 bridgehead atoms. The SMILES string of the molecule is CCCCCCCCC(O)C(O)CC. The summed E-state index contributed by atoms with van der Waals surface area (Å²) in [5.74, 6) is 0. The van der Waals surface area contributed by atoms with Gasteiger partial charge in [0.2, 0.25) is 0 Å². The van der Waals surface area contributed by atoms with E-state index >= 15 is 0 Å². The lowest BCUT2D eigenvalue weighted by atomic mass is 10.0. The van der Waals surface area contributed by atoms with Gasteiger partial charge in [-0.05, 0) is 12.8 Å². The Kier molecular flexibility index (Phi) is 9.42. The van der Waals surface area contributed by atoms with E-state index in [1.807, 2.05) is 6.92 Å². The maximum absolute atomic E-state index is 9.47. The molecule has 2 N–H and O–H groups in total. The van der Waals surface area contributed by atoms with Crippen LogP contribution in [0.2, 0.25) is 0 Å². The molecule has 0 aromatic rings. The van der Waals surface area contributed by atoms with Crippen LogP contribution in [-0.4, -0.2) is 22.4 Å². The largest absolute Gasteiger partial charge is 0.390 e. The molecule has 0 saturated heterocycles. The van der Waals surface area contributed by atoms with Crippen molar-refractivity contribution in [2.75, 3.05) is 0 Å². The fourth-order valence-corrected chi connectivity index (χ4v) is 1.60. The molecule has 0 saturated carbocycles. The molecule has 0 heterocycles. The molecule has 0 rings (SSSR count). The first-order chi connectivity index (χ1) is 6.72. The zero-order valence-electron chi connectivity index (χ0n) is 9.71. The van der Waals surface area contributed by atoms with Gasteiger partial charge in [0.15, 0.2) is 0 Å². The van der Waals surface area contributed by atoms with Crippen LogP contribution in [0.3, 0.4) is 0 Å². The lowest BCUT2D eigenvalue weighted by Crippen LogP contribution is -2.24. The Morgan fingerprint density at radius 3 is 1.93 bits per heavy atom. The number of aliphatic hydroxyl groups excluding tert-OH is 2. The van der Waals surface area contributed by atoms with Crippen LogP contribution in [0.15, 0.2) is 0 Å². The molecule has 0 aromatic carbocycles. The third-order valence-electron chi connectivity index (χ3n) is 2.72. The van der Waals surface area contributed by atoms with E-state index in [9.17, 15) is 10.2 Å². The summed E-state index contributed by atoms with van der Waals surface area (Å²) in [6.45, 7) is 4.11. The smallest absolute Gasteiger partial charge is 0.0799 e. The lowest BCUT2D eigenvalue weighted by Gasteiger charge is -2.15. The van der Waals surface area contributed by atoms with Crippen molar-refractivity contribution >= 4 is 0 Å². The summed E-state index contributed by atoms with van der Waals surface area (Å²) in [7, 11) is 0. The van der Waals surface area contributed by atoms with Gasteiger partial charge in [-0.15, -0.1) is 0 Å². The molecule has 0 aliphatic rings. The van der Waals surface area contributed by atoms with Gasteiger partial charge in [0, 0.05) is 0 Å². The van der Waals surface area contributed by atoms with Gasteiger partial charge in [-0.2, -0.15) is 0 Å². The van der Waals surface area contributed by atoms with E-state index in [-0.39, 0.29) is 0 Å². The highest BCUT2D eigenvalue weighted by molar-refractivity contribution is 4.65. The fourth-order valence-electron chi connectivity index (χ4n) is 1.60. The van der Waals surface area contributed by atoms with Gasteiger partial charge < -0.3 is 10.2 Å². The van der Waals surface area contributed by atoms with E-state index < -0.39 is 12.2 Å². The van der Waals surface area contributed by atoms with Crippen molar-refractivity contribution in [2.24, 2.45) is 0 Å². The third kappa shape index (κ3) is 7.34. The Morgan fingerprint density at radius 2 is 1.36 bits per heavy atom. The Labute approximate surface area is 88.3 Å². The van der Waals surface area contributed by atoms with E-state index in [1.165, 1.54) is 32.1 Å². The Bertz CT molecular complexity index is 115. The minimum absolute atomic E-state index is 0.508. The topological polar surface area (TPSA) is 40.5 Å². The van der Waals surface area contributed by atoms with Gasteiger partial charge in [0.25, 0.3) is 0 Å². The number of unbranched alkanes of at least 4 members (excludes halogenated alkanes) is 5. The van der Waals surface area contributed by atoms with E-state index in [4.69, 9.17) is 0 Å². The minimum Gasteiger partial charge on any atom is -0.390 e. The summed E-state index contributed by atoms with van der Waals surface area (Å²) in [5, 5.41) is 18.8. The first kappa shape index (κ1) is 13.9. The zero-order chi connectivity index (χ0) is 10.8. The summed E-state index contributed by atoms with van der Waals surface area (Å²) in [6, 6.07) is 0. The van der Waals surface area contributed by atoms with Crippen LogP contribution in [0, 0.1) is 0 Å². The van der Waals surface area contributed by atoms with Gasteiger partial charge >= 0.3 is 0 Å². The molecule has 2 unspecified atom stereocenters. The minimum atomic E-state index is -0.523. The van der Waals surface area contributed by atoms with Crippen LogP contribution in [0.1, 0.15) is 65.2 Å². The number of rotatable bonds is 9. The van der Waals surface area contributed by atoms with Crippen LogP contribution in [0.4, 0.5) is 0 Å². The van der Waals surface area contributed by atoms with E-state index in [0.29, 0.717) is 6.42 Å². The van der Waals surface area contributed by atoms with Gasteiger partial charge in [-0.25, -0.2) is 0 Å². The van der Waals surface area contributed by atoms with Crippen molar-refractivity contribution in [3.05, 3.63) is 0 Å². The van der Waals surface area contributed by atoms with Gasteiger partial charge in [-0.3, -0.25) is 0 Å². The molecule has 0 aromatic heterocycles. The summed E-state index contributed by atoms with van der Waals surface area (Å²) < 4.78 is 0. The first-order valence-corrected chi connectivity index (χ1v) is 6.08. The molecule has 2 atom stereocenters. The second-order valence-electron chi connectivity index (χ2n) is 4.10. The van der Waals surface area contributed by atoms with Crippen molar-refractivity contribution < 1.29 is 10.2 Å². The van der Waals surface area contributed by atoms with Crippen molar-refractivity contribution in [2.45, 2.75) is 77.4 Å². The van der Waals surface area contributed by atoms with Crippen molar-refractivity contribution in [3.8, 4) is 0 Å². The summed E-state index contributed by atoms with van der Waals surface area (Å²) in [4.78, 5) is 0. The number of hydrogen-bond acceptors (Lipinski definition) is 2. The Morgan fingerprint density at radius 1 is 0.786 bits per heavy atom. The second-order valence-corrected chi connectivity index (χ2v) is 4.10.